The van der Waals surface area contributed by atoms with Crippen LogP contribution in [0.4, 0.5) is 14.5 Å². The van der Waals surface area contributed by atoms with Crippen molar-refractivity contribution in [1.29, 1.82) is 0 Å². The predicted octanol–water partition coefficient (Wildman–Crippen LogP) is 2.94. The lowest BCUT2D eigenvalue weighted by molar-refractivity contribution is -0.386. The van der Waals surface area contributed by atoms with Gasteiger partial charge in [0.05, 0.1) is 4.92 Å². The third-order valence-electron chi connectivity index (χ3n) is 2.32. The summed E-state index contributed by atoms with van der Waals surface area (Å²) < 4.78 is 28.3. The minimum Gasteiger partial charge on any atom is -0.427 e. The molecule has 1 N–H and O–H groups in total. The monoisotopic (exact) mass is 274 g/mol. The summed E-state index contributed by atoms with van der Waals surface area (Å²) in [5.74, 6) is 0.0315. The van der Waals surface area contributed by atoms with Gasteiger partial charge < -0.3 is 10.1 Å². The van der Waals surface area contributed by atoms with Gasteiger partial charge in [-0.2, -0.15) is 8.78 Å². The Balaban J connectivity index is 2.81. The highest BCUT2D eigenvalue weighted by atomic mass is 19.3. The molecule has 0 spiro atoms. The number of hydrogen-bond acceptors (Lipinski definition) is 4. The van der Waals surface area contributed by atoms with Crippen LogP contribution in [0.3, 0.4) is 0 Å². The molecular formula is C12H16F2N2O3. The molecule has 7 heteroatoms. The van der Waals surface area contributed by atoms with Gasteiger partial charge >= 0.3 is 12.3 Å². The first kappa shape index (κ1) is 15.3. The first-order valence-electron chi connectivity index (χ1n) is 5.83. The summed E-state index contributed by atoms with van der Waals surface area (Å²) in [6.45, 7) is 2.20. The Morgan fingerprint density at radius 2 is 2.11 bits per heavy atom. The van der Waals surface area contributed by atoms with Gasteiger partial charge in [0.15, 0.2) is 0 Å². The van der Waals surface area contributed by atoms with Crippen molar-refractivity contribution in [3.63, 3.8) is 0 Å². The Hall–Kier alpha value is -1.76. The molecule has 106 valence electrons. The number of halogens is 2. The largest absolute Gasteiger partial charge is 0.427 e. The zero-order valence-electron chi connectivity index (χ0n) is 10.7. The zero-order valence-corrected chi connectivity index (χ0v) is 10.7. The fourth-order valence-electron chi connectivity index (χ4n) is 1.52. The van der Waals surface area contributed by atoms with Crippen LogP contribution in [0, 0.1) is 16.0 Å². The Morgan fingerprint density at radius 1 is 1.42 bits per heavy atom. The molecule has 0 aromatic heterocycles. The highest BCUT2D eigenvalue weighted by molar-refractivity contribution is 5.48. The normalized spacial score (nSPS) is 11.1. The molecule has 0 unspecified atom stereocenters. The second kappa shape index (κ2) is 6.98. The SMILES string of the molecule is CC(C)CNCc1ccc(OC(F)F)c([N+](=O)[O-])c1. The molecule has 0 amide bonds. The van der Waals surface area contributed by atoms with E-state index >= 15 is 0 Å². The molecule has 0 aliphatic carbocycles. The number of nitrogens with one attached hydrogen (secondary N) is 1. The molecule has 1 aromatic rings. The summed E-state index contributed by atoms with van der Waals surface area (Å²) in [7, 11) is 0. The maximum Gasteiger partial charge on any atom is 0.387 e. The molecule has 0 atom stereocenters. The van der Waals surface area contributed by atoms with Crippen molar-refractivity contribution in [2.24, 2.45) is 5.92 Å². The van der Waals surface area contributed by atoms with Crippen molar-refractivity contribution < 1.29 is 18.4 Å². The van der Waals surface area contributed by atoms with Gasteiger partial charge in [0.2, 0.25) is 5.75 Å². The number of alkyl halides is 2. The third kappa shape index (κ3) is 5.17. The molecule has 0 bridgehead atoms. The van der Waals surface area contributed by atoms with Crippen LogP contribution in [0.25, 0.3) is 0 Å². The van der Waals surface area contributed by atoms with Gasteiger partial charge in [0, 0.05) is 12.6 Å². The van der Waals surface area contributed by atoms with Gasteiger partial charge in [-0.05, 0) is 24.1 Å². The van der Waals surface area contributed by atoms with Crippen molar-refractivity contribution in [2.75, 3.05) is 6.54 Å². The van der Waals surface area contributed by atoms with E-state index in [2.05, 4.69) is 10.1 Å². The number of ether oxygens (including phenoxy) is 1. The molecule has 0 saturated carbocycles. The summed E-state index contributed by atoms with van der Waals surface area (Å²) in [4.78, 5) is 10.1. The predicted molar refractivity (Wildman–Crippen MR) is 66.3 cm³/mol. The van der Waals surface area contributed by atoms with Crippen molar-refractivity contribution in [1.82, 2.24) is 5.32 Å². The maximum absolute atomic E-state index is 12.1. The van der Waals surface area contributed by atoms with Crippen molar-refractivity contribution in [3.05, 3.63) is 33.9 Å². The molecule has 0 heterocycles. The van der Waals surface area contributed by atoms with Gasteiger partial charge in [-0.25, -0.2) is 0 Å². The Morgan fingerprint density at radius 3 is 2.63 bits per heavy atom. The van der Waals surface area contributed by atoms with Crippen LogP contribution >= 0.6 is 0 Å². The van der Waals surface area contributed by atoms with Crippen LogP contribution in [0.5, 0.6) is 5.75 Å². The second-order valence-electron chi connectivity index (χ2n) is 4.46. The number of nitro groups is 1. The van der Waals surface area contributed by atoms with Gasteiger partial charge in [0.1, 0.15) is 0 Å². The number of rotatable bonds is 7. The lowest BCUT2D eigenvalue weighted by Gasteiger charge is -2.09. The summed E-state index contributed by atoms with van der Waals surface area (Å²) >= 11 is 0. The second-order valence-corrected chi connectivity index (χ2v) is 4.46. The molecule has 0 aliphatic heterocycles. The highest BCUT2D eigenvalue weighted by Crippen LogP contribution is 2.29. The molecule has 0 aliphatic rings. The van der Waals surface area contributed by atoms with E-state index in [-0.39, 0.29) is 0 Å². The van der Waals surface area contributed by atoms with E-state index in [0.29, 0.717) is 18.0 Å². The Labute approximate surface area is 109 Å². The average molecular weight is 274 g/mol. The summed E-state index contributed by atoms with van der Waals surface area (Å²) in [6, 6.07) is 3.96. The van der Waals surface area contributed by atoms with E-state index in [0.717, 1.165) is 6.54 Å². The first-order valence-corrected chi connectivity index (χ1v) is 5.83. The van der Waals surface area contributed by atoms with Gasteiger partial charge in [-0.15, -0.1) is 0 Å². The van der Waals surface area contributed by atoms with Gasteiger partial charge in [-0.3, -0.25) is 10.1 Å². The minimum atomic E-state index is -3.08. The van der Waals surface area contributed by atoms with Crippen LogP contribution < -0.4 is 10.1 Å². The van der Waals surface area contributed by atoms with E-state index < -0.39 is 23.0 Å². The molecule has 0 saturated heterocycles. The van der Waals surface area contributed by atoms with Crippen LogP contribution in [-0.4, -0.2) is 18.1 Å². The van der Waals surface area contributed by atoms with Crippen molar-refractivity contribution in [2.45, 2.75) is 27.0 Å². The summed E-state index contributed by atoms with van der Waals surface area (Å²) in [6.07, 6.45) is 0. The van der Waals surface area contributed by atoms with Crippen molar-refractivity contribution >= 4 is 5.69 Å². The Kier molecular flexibility index (Phi) is 5.62. The van der Waals surface area contributed by atoms with Crippen LogP contribution in [0.15, 0.2) is 18.2 Å². The topological polar surface area (TPSA) is 64.4 Å². The molecule has 0 radical (unpaired) electrons. The molecule has 19 heavy (non-hydrogen) atoms. The highest BCUT2D eigenvalue weighted by Gasteiger charge is 2.18. The average Bonchev–Trinajstić information content (AvgIpc) is 2.29. The number of nitro benzene ring substituents is 1. The summed E-state index contributed by atoms with van der Waals surface area (Å²) in [5.41, 5.74) is 0.193. The van der Waals surface area contributed by atoms with E-state index in [1.807, 2.05) is 13.8 Å². The number of hydrogen-bond donors (Lipinski definition) is 1. The van der Waals surface area contributed by atoms with Crippen molar-refractivity contribution in [3.8, 4) is 5.75 Å². The van der Waals surface area contributed by atoms with E-state index in [1.54, 1.807) is 0 Å². The van der Waals surface area contributed by atoms with E-state index in [4.69, 9.17) is 0 Å². The van der Waals surface area contributed by atoms with E-state index in [9.17, 15) is 18.9 Å². The smallest absolute Gasteiger partial charge is 0.387 e. The van der Waals surface area contributed by atoms with Crippen LogP contribution in [0.2, 0.25) is 0 Å². The maximum atomic E-state index is 12.1. The molecule has 0 fully saturated rings. The van der Waals surface area contributed by atoms with Crippen LogP contribution in [-0.2, 0) is 6.54 Å². The lowest BCUT2D eigenvalue weighted by Crippen LogP contribution is -2.19. The fourth-order valence-corrected chi connectivity index (χ4v) is 1.52. The van der Waals surface area contributed by atoms with Gasteiger partial charge in [0.25, 0.3) is 0 Å². The quantitative estimate of drug-likeness (QED) is 0.613. The van der Waals surface area contributed by atoms with Gasteiger partial charge in [-0.1, -0.05) is 19.9 Å². The third-order valence-corrected chi connectivity index (χ3v) is 2.32. The zero-order chi connectivity index (χ0) is 14.4. The molecular weight excluding hydrogens is 258 g/mol. The van der Waals surface area contributed by atoms with E-state index in [1.165, 1.54) is 18.2 Å². The fraction of sp³-hybridized carbons (Fsp3) is 0.500. The molecule has 1 aromatic carbocycles. The summed E-state index contributed by atoms with van der Waals surface area (Å²) in [5, 5.41) is 13.9. The minimum absolute atomic E-state index is 0.424. The molecule has 1 rings (SSSR count). The number of nitrogens with zero attached hydrogens (tertiary/aromatic N) is 1. The lowest BCUT2D eigenvalue weighted by atomic mass is 10.1. The van der Waals surface area contributed by atoms with Crippen LogP contribution in [0.1, 0.15) is 19.4 Å². The Bertz CT molecular complexity index is 439. The first-order chi connectivity index (χ1) is 8.90. The molecule has 5 nitrogen and oxygen atoms in total. The standard InChI is InChI=1S/C12H16F2N2O3/c1-8(2)6-15-7-9-3-4-11(19-12(13)14)10(5-9)16(17)18/h3-5,8,12,15H,6-7H2,1-2H3. The number of benzene rings is 1.